The van der Waals surface area contributed by atoms with Gasteiger partial charge < -0.3 is 19.7 Å². The number of rotatable bonds is 6. The van der Waals surface area contributed by atoms with Crippen molar-refractivity contribution in [2.45, 2.75) is 88.5 Å². The molecule has 2 fully saturated rings. The van der Waals surface area contributed by atoms with Crippen LogP contribution in [0.5, 0.6) is 5.75 Å². The minimum atomic E-state index is -0.602. The van der Waals surface area contributed by atoms with Crippen LogP contribution in [0.2, 0.25) is 0 Å². The van der Waals surface area contributed by atoms with Gasteiger partial charge in [-0.3, -0.25) is 9.59 Å². The molecule has 6 heteroatoms. The fourth-order valence-electron chi connectivity index (χ4n) is 5.30. The first-order valence-corrected chi connectivity index (χ1v) is 11.1. The molecule has 0 radical (unpaired) electrons. The van der Waals surface area contributed by atoms with Gasteiger partial charge in [-0.1, -0.05) is 38.5 Å². The molecule has 2 saturated carbocycles. The Balaban J connectivity index is 1.79. The van der Waals surface area contributed by atoms with E-state index in [1.807, 2.05) is 0 Å². The summed E-state index contributed by atoms with van der Waals surface area (Å²) in [5.41, 5.74) is -1.01. The largest absolute Gasteiger partial charge is 0.502 e. The van der Waals surface area contributed by atoms with Crippen molar-refractivity contribution in [2.24, 2.45) is 0 Å². The highest BCUT2D eigenvalue weighted by atomic mass is 16.4. The maximum absolute atomic E-state index is 13.0. The van der Waals surface area contributed by atoms with E-state index in [-0.39, 0.29) is 23.6 Å². The highest BCUT2D eigenvalue weighted by Gasteiger charge is 2.42. The summed E-state index contributed by atoms with van der Waals surface area (Å²) in [6.45, 7) is 2.35. The Hall–Kier alpha value is -1.82. The van der Waals surface area contributed by atoms with E-state index in [2.05, 4.69) is 24.3 Å². The second-order valence-corrected chi connectivity index (χ2v) is 9.37. The lowest BCUT2D eigenvalue weighted by molar-refractivity contribution is -0.123. The second kappa shape index (κ2) is 8.90. The van der Waals surface area contributed by atoms with Gasteiger partial charge in [-0.15, -0.1) is 0 Å². The number of hydrogen-bond acceptors (Lipinski definition) is 5. The van der Waals surface area contributed by atoms with E-state index in [4.69, 9.17) is 4.42 Å². The molecule has 2 aliphatic rings. The summed E-state index contributed by atoms with van der Waals surface area (Å²) in [5.74, 6) is 0.420. The monoisotopic (exact) mass is 404 g/mol. The Labute approximate surface area is 173 Å². The summed E-state index contributed by atoms with van der Waals surface area (Å²) >= 11 is 0. The Kier molecular flexibility index (Phi) is 6.72. The van der Waals surface area contributed by atoms with Gasteiger partial charge in [0.2, 0.25) is 17.1 Å². The number of carbonyl (C=O) groups is 1. The Morgan fingerprint density at radius 3 is 2.28 bits per heavy atom. The van der Waals surface area contributed by atoms with Gasteiger partial charge in [0.05, 0.1) is 0 Å². The van der Waals surface area contributed by atoms with Gasteiger partial charge in [0.15, 0.2) is 5.76 Å². The van der Waals surface area contributed by atoms with Crippen LogP contribution in [0.1, 0.15) is 82.1 Å². The first kappa shape index (κ1) is 21.9. The van der Waals surface area contributed by atoms with Crippen molar-refractivity contribution in [3.8, 4) is 5.75 Å². The van der Waals surface area contributed by atoms with Crippen molar-refractivity contribution in [1.29, 1.82) is 0 Å². The van der Waals surface area contributed by atoms with E-state index in [1.165, 1.54) is 25.3 Å². The average Bonchev–Trinajstić information content (AvgIpc) is 2.70. The standard InChI is InChI=1S/C23H36N2O4/c1-17-14-18(26)20(28)21(29-17)22(10-6-4-7-11-22)15-19(27)24-16-23(25(2)3)12-8-5-9-13-23/h14,28H,4-13,15-16H2,1-3H3,(H,24,27). The number of aromatic hydroxyl groups is 1. The Morgan fingerprint density at radius 1 is 1.10 bits per heavy atom. The summed E-state index contributed by atoms with van der Waals surface area (Å²) < 4.78 is 5.85. The number of amides is 1. The topological polar surface area (TPSA) is 82.8 Å². The lowest BCUT2D eigenvalue weighted by Gasteiger charge is -2.43. The SMILES string of the molecule is Cc1cc(=O)c(O)c(C2(CC(=O)NCC3(N(C)C)CCCCC3)CCCCC2)o1. The molecular formula is C23H36N2O4. The van der Waals surface area contributed by atoms with Crippen molar-refractivity contribution in [2.75, 3.05) is 20.6 Å². The third kappa shape index (κ3) is 4.68. The number of carbonyl (C=O) groups excluding carboxylic acids is 1. The zero-order chi connectivity index (χ0) is 21.1. The molecule has 6 nitrogen and oxygen atoms in total. The number of aryl methyl sites for hydroxylation is 1. The molecule has 2 N–H and O–H groups in total. The second-order valence-electron chi connectivity index (χ2n) is 9.37. The van der Waals surface area contributed by atoms with Crippen molar-refractivity contribution in [3.63, 3.8) is 0 Å². The van der Waals surface area contributed by atoms with E-state index in [0.29, 0.717) is 18.1 Å². The third-order valence-corrected chi connectivity index (χ3v) is 7.18. The molecule has 0 bridgehead atoms. The molecule has 0 aliphatic heterocycles. The van der Waals surface area contributed by atoms with Gasteiger partial charge in [0.25, 0.3) is 0 Å². The molecule has 3 rings (SSSR count). The smallest absolute Gasteiger partial charge is 0.227 e. The van der Waals surface area contributed by atoms with E-state index < -0.39 is 10.8 Å². The van der Waals surface area contributed by atoms with Crippen LogP contribution < -0.4 is 10.7 Å². The maximum Gasteiger partial charge on any atom is 0.227 e. The van der Waals surface area contributed by atoms with Gasteiger partial charge in [0.1, 0.15) is 5.76 Å². The van der Waals surface area contributed by atoms with Crippen molar-refractivity contribution >= 4 is 5.91 Å². The van der Waals surface area contributed by atoms with E-state index in [9.17, 15) is 14.7 Å². The van der Waals surface area contributed by atoms with Gasteiger partial charge in [-0.05, 0) is 46.7 Å². The third-order valence-electron chi connectivity index (χ3n) is 7.18. The van der Waals surface area contributed by atoms with Gasteiger partial charge >= 0.3 is 0 Å². The van der Waals surface area contributed by atoms with E-state index in [0.717, 1.165) is 44.9 Å². The van der Waals surface area contributed by atoms with E-state index >= 15 is 0 Å². The summed E-state index contributed by atoms with van der Waals surface area (Å²) in [6.07, 6.45) is 10.6. The molecule has 0 atom stereocenters. The molecule has 1 aromatic heterocycles. The van der Waals surface area contributed by atoms with Crippen LogP contribution in [0, 0.1) is 6.92 Å². The van der Waals surface area contributed by atoms with Gasteiger partial charge in [-0.25, -0.2) is 0 Å². The summed E-state index contributed by atoms with van der Waals surface area (Å²) in [7, 11) is 4.19. The lowest BCUT2D eigenvalue weighted by Crippen LogP contribution is -2.54. The fraction of sp³-hybridized carbons (Fsp3) is 0.739. The molecular weight excluding hydrogens is 368 g/mol. The summed E-state index contributed by atoms with van der Waals surface area (Å²) in [5, 5.41) is 13.6. The molecule has 0 spiro atoms. The predicted molar refractivity (Wildman–Crippen MR) is 113 cm³/mol. The zero-order valence-corrected chi connectivity index (χ0v) is 18.2. The lowest BCUT2D eigenvalue weighted by atomic mass is 9.69. The zero-order valence-electron chi connectivity index (χ0n) is 18.2. The minimum absolute atomic E-state index is 0.0195. The van der Waals surface area contributed by atoms with Gasteiger partial charge in [0, 0.05) is 30.0 Å². The van der Waals surface area contributed by atoms with Crippen LogP contribution in [0.4, 0.5) is 0 Å². The number of hydrogen-bond donors (Lipinski definition) is 2. The molecule has 162 valence electrons. The van der Waals surface area contributed by atoms with Gasteiger partial charge in [-0.2, -0.15) is 0 Å². The molecule has 1 aromatic rings. The van der Waals surface area contributed by atoms with Crippen LogP contribution in [0.15, 0.2) is 15.3 Å². The summed E-state index contributed by atoms with van der Waals surface area (Å²) in [4.78, 5) is 27.5. The van der Waals surface area contributed by atoms with Crippen molar-refractivity contribution in [1.82, 2.24) is 10.2 Å². The fourth-order valence-corrected chi connectivity index (χ4v) is 5.30. The van der Waals surface area contributed by atoms with Crippen molar-refractivity contribution in [3.05, 3.63) is 27.8 Å². The van der Waals surface area contributed by atoms with Crippen LogP contribution in [-0.2, 0) is 10.2 Å². The quantitative estimate of drug-likeness (QED) is 0.757. The predicted octanol–water partition coefficient (Wildman–Crippen LogP) is 3.63. The maximum atomic E-state index is 13.0. The summed E-state index contributed by atoms with van der Waals surface area (Å²) in [6, 6.07) is 1.30. The molecule has 0 aromatic carbocycles. The molecule has 1 heterocycles. The van der Waals surface area contributed by atoms with Crippen LogP contribution in [-0.4, -0.2) is 42.1 Å². The average molecular weight is 405 g/mol. The molecule has 2 aliphatic carbocycles. The minimum Gasteiger partial charge on any atom is -0.502 e. The highest BCUT2D eigenvalue weighted by Crippen LogP contribution is 2.45. The first-order valence-electron chi connectivity index (χ1n) is 11.1. The molecule has 29 heavy (non-hydrogen) atoms. The van der Waals surface area contributed by atoms with Crippen molar-refractivity contribution < 1.29 is 14.3 Å². The first-order chi connectivity index (χ1) is 13.8. The van der Waals surface area contributed by atoms with Crippen LogP contribution in [0.3, 0.4) is 0 Å². The molecule has 1 amide bonds. The number of nitrogens with zero attached hydrogens (tertiary/aromatic N) is 1. The normalized spacial score (nSPS) is 21.1. The Bertz CT molecular complexity index is 772. The molecule has 0 unspecified atom stereocenters. The van der Waals surface area contributed by atoms with E-state index in [1.54, 1.807) is 6.92 Å². The van der Waals surface area contributed by atoms with Crippen LogP contribution in [0.25, 0.3) is 0 Å². The number of likely N-dealkylation sites (N-methyl/N-ethyl adjacent to an activating group) is 1. The molecule has 0 saturated heterocycles. The highest BCUT2D eigenvalue weighted by molar-refractivity contribution is 5.77. The van der Waals surface area contributed by atoms with Crippen LogP contribution >= 0.6 is 0 Å². The number of nitrogens with one attached hydrogen (secondary N) is 1. The Morgan fingerprint density at radius 2 is 1.69 bits per heavy atom.